The van der Waals surface area contributed by atoms with Crippen molar-refractivity contribution in [3.8, 4) is 0 Å². The van der Waals surface area contributed by atoms with Crippen molar-refractivity contribution in [2.75, 3.05) is 40.1 Å². The Morgan fingerprint density at radius 3 is 1.27 bits per heavy atom. The summed E-state index contributed by atoms with van der Waals surface area (Å²) in [5, 5.41) is 0. The van der Waals surface area contributed by atoms with Gasteiger partial charge in [0.05, 0.1) is 26.4 Å². The average molecular weight is 579 g/mol. The van der Waals surface area contributed by atoms with Gasteiger partial charge in [-0.2, -0.15) is 0 Å². The molecule has 238 valence electrons. The van der Waals surface area contributed by atoms with Crippen LogP contribution in [0.25, 0.3) is 0 Å². The maximum absolute atomic E-state index is 6.92. The van der Waals surface area contributed by atoms with Crippen LogP contribution in [0.5, 0.6) is 0 Å². The fourth-order valence-electron chi connectivity index (χ4n) is 8.28. The predicted molar refractivity (Wildman–Crippen MR) is 162 cm³/mol. The molecule has 0 radical (unpaired) electrons. The van der Waals surface area contributed by atoms with Crippen LogP contribution in [0.15, 0.2) is 0 Å². The number of ether oxygens (including phenoxy) is 6. The normalized spacial score (nSPS) is 33.7. The Labute approximate surface area is 251 Å². The van der Waals surface area contributed by atoms with E-state index in [0.29, 0.717) is 30.3 Å². The van der Waals surface area contributed by atoms with E-state index in [4.69, 9.17) is 28.4 Å². The van der Waals surface area contributed by atoms with E-state index in [2.05, 4.69) is 0 Å². The van der Waals surface area contributed by atoms with Crippen molar-refractivity contribution >= 4 is 0 Å². The Hall–Kier alpha value is -0.240. The number of methoxy groups -OCH3 is 1. The van der Waals surface area contributed by atoms with Crippen LogP contribution in [0.1, 0.15) is 128 Å². The molecule has 0 spiro atoms. The topological polar surface area (TPSA) is 55.4 Å². The molecule has 4 saturated carbocycles. The summed E-state index contributed by atoms with van der Waals surface area (Å²) in [6, 6.07) is 0. The maximum atomic E-state index is 6.92. The second-order valence-corrected chi connectivity index (χ2v) is 14.2. The fraction of sp³-hybridized carbons (Fsp3) is 1.00. The minimum absolute atomic E-state index is 0.199. The van der Waals surface area contributed by atoms with E-state index in [-0.39, 0.29) is 24.4 Å². The van der Waals surface area contributed by atoms with Gasteiger partial charge in [0, 0.05) is 13.7 Å². The van der Waals surface area contributed by atoms with Crippen molar-refractivity contribution < 1.29 is 28.4 Å². The molecule has 0 aromatic carbocycles. The Morgan fingerprint density at radius 2 is 0.829 bits per heavy atom. The van der Waals surface area contributed by atoms with E-state index in [9.17, 15) is 0 Å². The van der Waals surface area contributed by atoms with Gasteiger partial charge >= 0.3 is 0 Å². The summed E-state index contributed by atoms with van der Waals surface area (Å²) in [6.45, 7) is 3.68. The van der Waals surface area contributed by atoms with Crippen molar-refractivity contribution in [1.82, 2.24) is 0 Å². The summed E-state index contributed by atoms with van der Waals surface area (Å²) in [6.07, 6.45) is 24.9. The van der Waals surface area contributed by atoms with Gasteiger partial charge in [0.1, 0.15) is 24.4 Å². The molecule has 0 aromatic heterocycles. The third-order valence-electron chi connectivity index (χ3n) is 10.9. The summed E-state index contributed by atoms with van der Waals surface area (Å²) in [7, 11) is 1.75. The Balaban J connectivity index is 1.29. The molecule has 5 fully saturated rings. The van der Waals surface area contributed by atoms with E-state index in [1.54, 1.807) is 7.11 Å². The van der Waals surface area contributed by atoms with Gasteiger partial charge < -0.3 is 28.4 Å². The summed E-state index contributed by atoms with van der Waals surface area (Å²) < 4.78 is 39.6. The third kappa shape index (κ3) is 10.1. The Morgan fingerprint density at radius 1 is 0.439 bits per heavy atom. The molecule has 1 aliphatic heterocycles. The Bertz CT molecular complexity index is 680. The molecule has 6 heteroatoms. The standard InChI is InChI=1S/C35H62O6/c1-36-35-34(40-25-30-20-12-5-13-21-30)33(39-24-29-18-10-4-11-19-29)32(38-23-28-16-8-3-9-17-28)31(41-35)26-37-22-27-14-6-2-7-15-27/h27-35H,2-26H2,1H3/t31-,32-,33+,34-,35?/m1/s1. The molecule has 1 heterocycles. The SMILES string of the molecule is COC1O[C@H](COCC2CCCCC2)[C@@H](OCC2CCCCC2)[C@H](OCC2CCCCC2)[C@H]1OCC1CCCCC1. The first kappa shape index (κ1) is 32.2. The quantitative estimate of drug-likeness (QED) is 0.209. The van der Waals surface area contributed by atoms with Crippen molar-refractivity contribution in [2.45, 2.75) is 159 Å². The van der Waals surface area contributed by atoms with Gasteiger partial charge in [-0.3, -0.25) is 0 Å². The highest BCUT2D eigenvalue weighted by Crippen LogP contribution is 2.34. The van der Waals surface area contributed by atoms with Gasteiger partial charge in [-0.15, -0.1) is 0 Å². The molecule has 4 aliphatic carbocycles. The lowest BCUT2D eigenvalue weighted by Gasteiger charge is -2.46. The largest absolute Gasteiger partial charge is 0.378 e. The van der Waals surface area contributed by atoms with Crippen LogP contribution in [0, 0.1) is 23.7 Å². The zero-order valence-electron chi connectivity index (χ0n) is 26.3. The molecule has 0 bridgehead atoms. The lowest BCUT2D eigenvalue weighted by atomic mass is 9.89. The first-order valence-corrected chi connectivity index (χ1v) is 17.9. The number of rotatable bonds is 14. The van der Waals surface area contributed by atoms with Gasteiger partial charge in [-0.1, -0.05) is 77.0 Å². The van der Waals surface area contributed by atoms with Gasteiger partial charge in [0.2, 0.25) is 0 Å². The van der Waals surface area contributed by atoms with Crippen molar-refractivity contribution in [3.05, 3.63) is 0 Å². The zero-order chi connectivity index (χ0) is 28.1. The predicted octanol–water partition coefficient (Wildman–Crippen LogP) is 7.85. The fourth-order valence-corrected chi connectivity index (χ4v) is 8.28. The molecule has 0 amide bonds. The zero-order valence-corrected chi connectivity index (χ0v) is 26.3. The minimum Gasteiger partial charge on any atom is -0.378 e. The van der Waals surface area contributed by atoms with Crippen molar-refractivity contribution in [1.29, 1.82) is 0 Å². The second-order valence-electron chi connectivity index (χ2n) is 14.2. The molecule has 6 nitrogen and oxygen atoms in total. The lowest BCUT2D eigenvalue weighted by Crippen LogP contribution is -2.62. The maximum Gasteiger partial charge on any atom is 0.186 e. The van der Waals surface area contributed by atoms with Crippen LogP contribution in [-0.4, -0.2) is 70.9 Å². The number of hydrogen-bond acceptors (Lipinski definition) is 6. The molecule has 41 heavy (non-hydrogen) atoms. The molecular weight excluding hydrogens is 516 g/mol. The molecule has 5 aliphatic rings. The van der Waals surface area contributed by atoms with Crippen LogP contribution in [-0.2, 0) is 28.4 Å². The molecule has 5 atom stereocenters. The van der Waals surface area contributed by atoms with Crippen LogP contribution in [0.4, 0.5) is 0 Å². The van der Waals surface area contributed by atoms with Gasteiger partial charge in [-0.25, -0.2) is 0 Å². The highest BCUT2D eigenvalue weighted by Gasteiger charge is 2.49. The minimum atomic E-state index is -0.465. The van der Waals surface area contributed by atoms with E-state index < -0.39 is 6.29 Å². The van der Waals surface area contributed by atoms with Gasteiger partial charge in [0.15, 0.2) is 6.29 Å². The van der Waals surface area contributed by atoms with E-state index in [1.165, 1.54) is 128 Å². The van der Waals surface area contributed by atoms with Gasteiger partial charge in [0.25, 0.3) is 0 Å². The first-order valence-electron chi connectivity index (χ1n) is 17.9. The second kappa shape index (κ2) is 17.9. The van der Waals surface area contributed by atoms with E-state index >= 15 is 0 Å². The molecule has 1 unspecified atom stereocenters. The smallest absolute Gasteiger partial charge is 0.186 e. The summed E-state index contributed by atoms with van der Waals surface area (Å²) in [5.41, 5.74) is 0. The number of hydrogen-bond donors (Lipinski definition) is 0. The Kier molecular flexibility index (Phi) is 14.0. The highest BCUT2D eigenvalue weighted by atomic mass is 16.7. The monoisotopic (exact) mass is 578 g/mol. The summed E-state index contributed by atoms with van der Waals surface area (Å²) in [5.74, 6) is 2.57. The lowest BCUT2D eigenvalue weighted by molar-refractivity contribution is -0.322. The molecule has 0 N–H and O–H groups in total. The van der Waals surface area contributed by atoms with Crippen LogP contribution in [0.2, 0.25) is 0 Å². The highest BCUT2D eigenvalue weighted by molar-refractivity contribution is 4.94. The van der Waals surface area contributed by atoms with Crippen molar-refractivity contribution in [3.63, 3.8) is 0 Å². The van der Waals surface area contributed by atoms with Crippen LogP contribution in [0.3, 0.4) is 0 Å². The summed E-state index contributed by atoms with van der Waals surface area (Å²) >= 11 is 0. The molecule has 5 rings (SSSR count). The summed E-state index contributed by atoms with van der Waals surface area (Å²) in [4.78, 5) is 0. The third-order valence-corrected chi connectivity index (χ3v) is 10.9. The average Bonchev–Trinajstić information content (AvgIpc) is 3.04. The molecule has 0 aromatic rings. The van der Waals surface area contributed by atoms with Gasteiger partial charge in [-0.05, 0) is 75.0 Å². The van der Waals surface area contributed by atoms with Crippen LogP contribution >= 0.6 is 0 Å². The van der Waals surface area contributed by atoms with E-state index in [1.807, 2.05) is 0 Å². The van der Waals surface area contributed by atoms with E-state index in [0.717, 1.165) is 26.4 Å². The molecular formula is C35H62O6. The van der Waals surface area contributed by atoms with Crippen molar-refractivity contribution in [2.24, 2.45) is 23.7 Å². The van der Waals surface area contributed by atoms with Crippen LogP contribution < -0.4 is 0 Å². The first-order chi connectivity index (χ1) is 20.3. The molecule has 1 saturated heterocycles.